The summed E-state index contributed by atoms with van der Waals surface area (Å²) in [5.74, 6) is 0. The molecule has 0 amide bonds. The van der Waals surface area contributed by atoms with Crippen LogP contribution in [0.5, 0.6) is 0 Å². The molecule has 0 atom stereocenters. The van der Waals surface area contributed by atoms with E-state index in [4.69, 9.17) is 0 Å². The zero-order valence-corrected chi connectivity index (χ0v) is 5.15. The molecule has 0 bridgehead atoms. The summed E-state index contributed by atoms with van der Waals surface area (Å²) < 4.78 is 35.4. The predicted octanol–water partition coefficient (Wildman–Crippen LogP) is 1.79. The molecule has 54 valence electrons. The summed E-state index contributed by atoms with van der Waals surface area (Å²) in [5.41, 5.74) is -0.532. The van der Waals surface area contributed by atoms with E-state index in [1.807, 2.05) is 0 Å². The molecule has 1 aliphatic heterocycles. The maximum absolute atomic E-state index is 11.8. The molecule has 0 unspecified atom stereocenters. The third-order valence-corrected chi connectivity index (χ3v) is 1.22. The van der Waals surface area contributed by atoms with Crippen molar-refractivity contribution in [3.8, 4) is 0 Å². The van der Waals surface area contributed by atoms with E-state index >= 15 is 0 Å². The molecule has 0 aromatic carbocycles. The first-order valence-electron chi connectivity index (χ1n) is 2.85. The normalized spacial score (nSPS) is 18.1. The standard InChI is InChI=1S/C5H5BF3N/c7-5(8,9)4-1-2-6-10-3-4/h1H,2-3H2. The Morgan fingerprint density at radius 1 is 1.50 bits per heavy atom. The van der Waals surface area contributed by atoms with Crippen LogP contribution < -0.4 is 0 Å². The molecule has 5 heteroatoms. The first-order valence-corrected chi connectivity index (χ1v) is 2.85. The third kappa shape index (κ3) is 1.69. The van der Waals surface area contributed by atoms with Crippen molar-refractivity contribution in [2.24, 2.45) is 4.90 Å². The van der Waals surface area contributed by atoms with E-state index in [1.54, 1.807) is 0 Å². The molecule has 1 aliphatic rings. The van der Waals surface area contributed by atoms with Crippen LogP contribution >= 0.6 is 0 Å². The zero-order valence-electron chi connectivity index (χ0n) is 5.15. The monoisotopic (exact) mass is 147 g/mol. The zero-order chi connectivity index (χ0) is 7.61. The summed E-state index contributed by atoms with van der Waals surface area (Å²) in [4.78, 5) is 3.51. The number of rotatable bonds is 0. The van der Waals surface area contributed by atoms with Gasteiger partial charge in [0.05, 0.1) is 0 Å². The van der Waals surface area contributed by atoms with Gasteiger partial charge in [0.25, 0.3) is 0 Å². The summed E-state index contributed by atoms with van der Waals surface area (Å²) in [7, 11) is 1.48. The van der Waals surface area contributed by atoms with Crippen LogP contribution in [0.15, 0.2) is 16.5 Å². The third-order valence-electron chi connectivity index (χ3n) is 1.22. The molecule has 0 saturated heterocycles. The Bertz CT molecular complexity index is 182. The van der Waals surface area contributed by atoms with Gasteiger partial charge in [-0.2, -0.15) is 0 Å². The Morgan fingerprint density at radius 3 is 2.50 bits per heavy atom. The van der Waals surface area contributed by atoms with Crippen LogP contribution in [-0.2, 0) is 0 Å². The topological polar surface area (TPSA) is 12.4 Å². The van der Waals surface area contributed by atoms with Gasteiger partial charge in [-0.05, 0) is 0 Å². The Hall–Kier alpha value is -0.605. The summed E-state index contributed by atoms with van der Waals surface area (Å²) in [6.45, 7) is -0.219. The Labute approximate surface area is 56.9 Å². The second kappa shape index (κ2) is 2.56. The van der Waals surface area contributed by atoms with Crippen LogP contribution in [-0.4, -0.2) is 19.8 Å². The molecular formula is C5H5BF3N. The van der Waals surface area contributed by atoms with Gasteiger partial charge in [-0.1, -0.05) is 0 Å². The summed E-state index contributed by atoms with van der Waals surface area (Å²) in [5, 5.41) is 0. The van der Waals surface area contributed by atoms with Crippen LogP contribution in [0.1, 0.15) is 0 Å². The molecular weight excluding hydrogens is 142 g/mol. The van der Waals surface area contributed by atoms with Crippen molar-refractivity contribution >= 4 is 7.07 Å². The number of nitrogens with zero attached hydrogens (tertiary/aromatic N) is 1. The van der Waals surface area contributed by atoms with Crippen molar-refractivity contribution in [3.05, 3.63) is 11.6 Å². The van der Waals surface area contributed by atoms with E-state index in [2.05, 4.69) is 4.90 Å². The van der Waals surface area contributed by atoms with Crippen LogP contribution in [0, 0.1) is 0 Å². The van der Waals surface area contributed by atoms with Crippen molar-refractivity contribution < 1.29 is 13.2 Å². The van der Waals surface area contributed by atoms with Crippen molar-refractivity contribution in [2.75, 3.05) is 6.54 Å². The fourth-order valence-electron chi connectivity index (χ4n) is 0.702. The van der Waals surface area contributed by atoms with Crippen molar-refractivity contribution in [2.45, 2.75) is 12.5 Å². The van der Waals surface area contributed by atoms with E-state index in [1.165, 1.54) is 7.07 Å². The summed E-state index contributed by atoms with van der Waals surface area (Å²) in [6.07, 6.45) is -2.72. The average molecular weight is 147 g/mol. The molecule has 1 heterocycles. The number of hydrogen-bond acceptors (Lipinski definition) is 1. The summed E-state index contributed by atoms with van der Waals surface area (Å²) >= 11 is 0. The molecule has 0 spiro atoms. The Morgan fingerprint density at radius 2 is 2.20 bits per heavy atom. The van der Waals surface area contributed by atoms with Crippen LogP contribution in [0.4, 0.5) is 13.2 Å². The molecule has 0 fully saturated rings. The molecule has 0 aliphatic carbocycles. The Balaban J connectivity index is 2.65. The fraction of sp³-hybridized carbons (Fsp3) is 0.600. The molecule has 0 radical (unpaired) electrons. The second-order valence-electron chi connectivity index (χ2n) is 1.99. The van der Waals surface area contributed by atoms with Gasteiger partial charge in [0, 0.05) is 0 Å². The first-order chi connectivity index (χ1) is 4.61. The van der Waals surface area contributed by atoms with Crippen molar-refractivity contribution in [1.29, 1.82) is 0 Å². The fourth-order valence-corrected chi connectivity index (χ4v) is 0.702. The molecule has 10 heavy (non-hydrogen) atoms. The quantitative estimate of drug-likeness (QED) is 0.365. The van der Waals surface area contributed by atoms with Crippen LogP contribution in [0.25, 0.3) is 0 Å². The van der Waals surface area contributed by atoms with Crippen LogP contribution in [0.2, 0.25) is 6.32 Å². The molecule has 0 saturated carbocycles. The number of hydrogen-bond donors (Lipinski definition) is 0. The van der Waals surface area contributed by atoms with Gasteiger partial charge in [0.15, 0.2) is 0 Å². The van der Waals surface area contributed by atoms with E-state index in [0.29, 0.717) is 6.32 Å². The van der Waals surface area contributed by atoms with Gasteiger partial charge >= 0.3 is 55.8 Å². The van der Waals surface area contributed by atoms with E-state index in [0.717, 1.165) is 6.08 Å². The first kappa shape index (κ1) is 7.50. The van der Waals surface area contributed by atoms with E-state index in [9.17, 15) is 13.2 Å². The number of alkyl halides is 3. The molecule has 1 nitrogen and oxygen atoms in total. The number of halogens is 3. The second-order valence-corrected chi connectivity index (χ2v) is 1.99. The minimum atomic E-state index is -4.18. The predicted molar refractivity (Wildman–Crippen MR) is 32.0 cm³/mol. The van der Waals surface area contributed by atoms with Gasteiger partial charge in [0.2, 0.25) is 0 Å². The van der Waals surface area contributed by atoms with E-state index < -0.39 is 11.7 Å². The Kier molecular flexibility index (Phi) is 1.92. The molecule has 0 N–H and O–H groups in total. The van der Waals surface area contributed by atoms with Gasteiger partial charge in [-0.3, -0.25) is 0 Å². The minimum absolute atomic E-state index is 0.219. The molecule has 1 rings (SSSR count). The van der Waals surface area contributed by atoms with Gasteiger partial charge in [0.1, 0.15) is 0 Å². The van der Waals surface area contributed by atoms with Gasteiger partial charge in [-0.15, -0.1) is 0 Å². The van der Waals surface area contributed by atoms with Gasteiger partial charge < -0.3 is 0 Å². The van der Waals surface area contributed by atoms with Gasteiger partial charge in [-0.25, -0.2) is 0 Å². The van der Waals surface area contributed by atoms with Crippen molar-refractivity contribution in [1.82, 2.24) is 0 Å². The van der Waals surface area contributed by atoms with Crippen molar-refractivity contribution in [3.63, 3.8) is 0 Å². The molecule has 0 aromatic rings. The summed E-state index contributed by atoms with van der Waals surface area (Å²) in [6, 6.07) is 0. The maximum atomic E-state index is 11.8. The van der Waals surface area contributed by atoms with E-state index in [-0.39, 0.29) is 6.54 Å². The SMILES string of the molecule is FC(F)(F)C1=CCB=NC1. The number of allylic oxidation sites excluding steroid dienone is 1. The molecule has 0 aromatic heterocycles. The van der Waals surface area contributed by atoms with Crippen LogP contribution in [0.3, 0.4) is 0 Å². The average Bonchev–Trinajstić information content (AvgIpc) is 1.88.